The molecule has 0 radical (unpaired) electrons. The van der Waals surface area contributed by atoms with Gasteiger partial charge in [0.1, 0.15) is 5.75 Å². The maximum absolute atomic E-state index is 12.4. The molecule has 2 N–H and O–H groups in total. The summed E-state index contributed by atoms with van der Waals surface area (Å²) in [6, 6.07) is 13.5. The first-order chi connectivity index (χ1) is 13.1. The van der Waals surface area contributed by atoms with Gasteiger partial charge in [0.05, 0.1) is 19.1 Å². The van der Waals surface area contributed by atoms with E-state index in [1.54, 1.807) is 0 Å². The van der Waals surface area contributed by atoms with Crippen LogP contribution < -0.4 is 15.4 Å². The third kappa shape index (κ3) is 4.30. The van der Waals surface area contributed by atoms with Crippen LogP contribution in [0.4, 0.5) is 5.69 Å². The molecule has 1 fully saturated rings. The lowest BCUT2D eigenvalue weighted by atomic mass is 10.0. The molecule has 0 saturated heterocycles. The monoisotopic (exact) mass is 364 g/mol. The Morgan fingerprint density at radius 1 is 1.15 bits per heavy atom. The smallest absolute Gasteiger partial charge is 0.227 e. The first-order valence-electron chi connectivity index (χ1n) is 9.53. The van der Waals surface area contributed by atoms with Crippen molar-refractivity contribution in [1.29, 1.82) is 0 Å². The fourth-order valence-corrected chi connectivity index (χ4v) is 3.36. The highest BCUT2D eigenvalue weighted by Gasteiger charge is 2.29. The molecule has 1 saturated carbocycles. The van der Waals surface area contributed by atoms with Gasteiger partial charge in [0.2, 0.25) is 11.8 Å². The maximum atomic E-state index is 12.4. The Morgan fingerprint density at radius 3 is 2.67 bits per heavy atom. The van der Waals surface area contributed by atoms with E-state index in [0.29, 0.717) is 6.42 Å². The number of benzene rings is 2. The predicted octanol–water partition coefficient (Wildman–Crippen LogP) is 3.39. The number of fused-ring (bicyclic) bond motifs is 1. The molecule has 140 valence electrons. The van der Waals surface area contributed by atoms with Gasteiger partial charge in [-0.1, -0.05) is 24.3 Å². The third-order valence-corrected chi connectivity index (χ3v) is 5.12. The minimum Gasteiger partial charge on any atom is -0.493 e. The second-order valence-corrected chi connectivity index (χ2v) is 7.39. The second-order valence-electron chi connectivity index (χ2n) is 7.39. The van der Waals surface area contributed by atoms with E-state index in [4.69, 9.17) is 4.74 Å². The van der Waals surface area contributed by atoms with Crippen molar-refractivity contribution >= 4 is 17.5 Å². The van der Waals surface area contributed by atoms with Gasteiger partial charge < -0.3 is 15.4 Å². The van der Waals surface area contributed by atoms with Crippen LogP contribution in [0.15, 0.2) is 42.5 Å². The van der Waals surface area contributed by atoms with E-state index in [2.05, 4.69) is 16.7 Å². The summed E-state index contributed by atoms with van der Waals surface area (Å²) in [7, 11) is 0. The molecule has 1 unspecified atom stereocenters. The van der Waals surface area contributed by atoms with E-state index >= 15 is 0 Å². The van der Waals surface area contributed by atoms with E-state index in [0.717, 1.165) is 48.4 Å². The Kier molecular flexibility index (Phi) is 4.84. The summed E-state index contributed by atoms with van der Waals surface area (Å²) in [5.41, 5.74) is 3.99. The Hall–Kier alpha value is -2.82. The molecule has 2 aliphatic rings. The fraction of sp³-hybridized carbons (Fsp3) is 0.364. The Morgan fingerprint density at radius 2 is 1.93 bits per heavy atom. The molecule has 1 aliphatic heterocycles. The highest BCUT2D eigenvalue weighted by Crippen LogP contribution is 2.30. The molecule has 1 aliphatic carbocycles. The van der Waals surface area contributed by atoms with Crippen molar-refractivity contribution in [3.8, 4) is 5.75 Å². The lowest BCUT2D eigenvalue weighted by Gasteiger charge is -2.15. The zero-order valence-corrected chi connectivity index (χ0v) is 15.5. The molecule has 1 heterocycles. The average molecular weight is 364 g/mol. The number of hydrogen-bond donors (Lipinski definition) is 2. The van der Waals surface area contributed by atoms with Crippen molar-refractivity contribution in [3.63, 3.8) is 0 Å². The Labute approximate surface area is 159 Å². The number of anilines is 1. The Balaban J connectivity index is 1.31. The molecule has 4 rings (SSSR count). The topological polar surface area (TPSA) is 67.4 Å². The van der Waals surface area contributed by atoms with Crippen molar-refractivity contribution in [2.75, 3.05) is 11.9 Å². The van der Waals surface area contributed by atoms with Crippen molar-refractivity contribution < 1.29 is 14.3 Å². The maximum Gasteiger partial charge on any atom is 0.227 e. The molecule has 5 nitrogen and oxygen atoms in total. The highest BCUT2D eigenvalue weighted by molar-refractivity contribution is 5.94. The molecule has 0 aromatic heterocycles. The summed E-state index contributed by atoms with van der Waals surface area (Å²) >= 11 is 0. The molecule has 2 amide bonds. The van der Waals surface area contributed by atoms with Crippen LogP contribution in [-0.2, 0) is 22.4 Å². The number of ether oxygens (including phenoxy) is 1. The first kappa shape index (κ1) is 17.6. The first-order valence-corrected chi connectivity index (χ1v) is 9.53. The number of nitrogens with one attached hydrogen (secondary N) is 2. The average Bonchev–Trinajstić information content (AvgIpc) is 3.40. The molecule has 0 bridgehead atoms. The van der Waals surface area contributed by atoms with Gasteiger partial charge >= 0.3 is 0 Å². The molecule has 5 heteroatoms. The van der Waals surface area contributed by atoms with Gasteiger partial charge in [-0.2, -0.15) is 0 Å². The van der Waals surface area contributed by atoms with Gasteiger partial charge in [-0.3, -0.25) is 9.59 Å². The lowest BCUT2D eigenvalue weighted by Crippen LogP contribution is -2.28. The summed E-state index contributed by atoms with van der Waals surface area (Å²) in [6.45, 7) is 2.69. The van der Waals surface area contributed by atoms with Gasteiger partial charge in [-0.25, -0.2) is 0 Å². The molecule has 0 spiro atoms. The van der Waals surface area contributed by atoms with Crippen LogP contribution >= 0.6 is 0 Å². The van der Waals surface area contributed by atoms with Gasteiger partial charge in [-0.05, 0) is 54.7 Å². The van der Waals surface area contributed by atoms with E-state index in [1.165, 1.54) is 5.56 Å². The highest BCUT2D eigenvalue weighted by atomic mass is 16.5. The minimum atomic E-state index is -0.0940. The van der Waals surface area contributed by atoms with Crippen LogP contribution in [-0.4, -0.2) is 18.4 Å². The molecule has 27 heavy (non-hydrogen) atoms. The number of amides is 2. The zero-order valence-electron chi connectivity index (χ0n) is 15.5. The predicted molar refractivity (Wildman–Crippen MR) is 104 cm³/mol. The zero-order chi connectivity index (χ0) is 18.8. The van der Waals surface area contributed by atoms with Gasteiger partial charge in [0.25, 0.3) is 0 Å². The van der Waals surface area contributed by atoms with Gasteiger partial charge in [0.15, 0.2) is 0 Å². The Bertz CT molecular complexity index is 856. The SMILES string of the molecule is CC(NC(=O)Cc1ccc2c(c1)CCO2)c1ccc(NC(=O)C2CC2)cc1. The second kappa shape index (κ2) is 7.43. The number of rotatable bonds is 6. The van der Waals surface area contributed by atoms with Crippen LogP contribution in [0.3, 0.4) is 0 Å². The molecular weight excluding hydrogens is 340 g/mol. The standard InChI is InChI=1S/C22H24N2O3/c1-14(16-5-7-19(8-6-16)24-22(26)17-3-4-17)23-21(25)13-15-2-9-20-18(12-15)10-11-27-20/h2,5-9,12,14,17H,3-4,10-11,13H2,1H3,(H,23,25)(H,24,26). The number of carbonyl (C=O) groups is 2. The molecule has 1 atom stereocenters. The van der Waals surface area contributed by atoms with E-state index in [1.807, 2.05) is 43.3 Å². The summed E-state index contributed by atoms with van der Waals surface area (Å²) in [5, 5.41) is 5.97. The van der Waals surface area contributed by atoms with E-state index in [-0.39, 0.29) is 23.8 Å². The van der Waals surface area contributed by atoms with Gasteiger partial charge in [-0.15, -0.1) is 0 Å². The fourth-order valence-electron chi connectivity index (χ4n) is 3.36. The third-order valence-electron chi connectivity index (χ3n) is 5.12. The van der Waals surface area contributed by atoms with Crippen LogP contribution in [0.5, 0.6) is 5.75 Å². The van der Waals surface area contributed by atoms with E-state index in [9.17, 15) is 9.59 Å². The van der Waals surface area contributed by atoms with Crippen molar-refractivity contribution in [2.45, 2.75) is 38.6 Å². The lowest BCUT2D eigenvalue weighted by molar-refractivity contribution is -0.121. The van der Waals surface area contributed by atoms with Crippen LogP contribution in [0.1, 0.15) is 42.5 Å². The molecule has 2 aromatic rings. The van der Waals surface area contributed by atoms with Crippen molar-refractivity contribution in [1.82, 2.24) is 5.32 Å². The molecular formula is C22H24N2O3. The largest absolute Gasteiger partial charge is 0.493 e. The normalized spacial score (nSPS) is 16.2. The van der Waals surface area contributed by atoms with E-state index < -0.39 is 0 Å². The summed E-state index contributed by atoms with van der Waals surface area (Å²) in [5.74, 6) is 1.21. The summed E-state index contributed by atoms with van der Waals surface area (Å²) in [6.07, 6.45) is 3.24. The van der Waals surface area contributed by atoms with Crippen molar-refractivity contribution in [2.24, 2.45) is 5.92 Å². The van der Waals surface area contributed by atoms with Crippen LogP contribution in [0.2, 0.25) is 0 Å². The van der Waals surface area contributed by atoms with Crippen LogP contribution in [0.25, 0.3) is 0 Å². The quantitative estimate of drug-likeness (QED) is 0.826. The molecule has 2 aromatic carbocycles. The summed E-state index contributed by atoms with van der Waals surface area (Å²) in [4.78, 5) is 24.2. The summed E-state index contributed by atoms with van der Waals surface area (Å²) < 4.78 is 5.50. The number of carbonyl (C=O) groups excluding carboxylic acids is 2. The van der Waals surface area contributed by atoms with Crippen LogP contribution in [0, 0.1) is 5.92 Å². The van der Waals surface area contributed by atoms with Gasteiger partial charge in [0, 0.05) is 18.0 Å². The minimum absolute atomic E-state index is 0.00696. The van der Waals surface area contributed by atoms with Crippen molar-refractivity contribution in [3.05, 3.63) is 59.2 Å². The number of hydrogen-bond acceptors (Lipinski definition) is 3.